The Morgan fingerprint density at radius 2 is 2.33 bits per heavy atom. The van der Waals surface area contributed by atoms with Crippen molar-refractivity contribution in [3.63, 3.8) is 0 Å². The highest BCUT2D eigenvalue weighted by Gasteiger charge is 2.06. The second-order valence-electron chi connectivity index (χ2n) is 3.10. The van der Waals surface area contributed by atoms with E-state index in [9.17, 15) is 0 Å². The van der Waals surface area contributed by atoms with Gasteiger partial charge in [-0.15, -0.1) is 16.8 Å². The zero-order valence-corrected chi connectivity index (χ0v) is 8.17. The van der Waals surface area contributed by atoms with E-state index in [1.54, 1.807) is 24.8 Å². The van der Waals surface area contributed by atoms with Gasteiger partial charge in [0.05, 0.1) is 5.69 Å². The van der Waals surface area contributed by atoms with E-state index in [4.69, 9.17) is 5.73 Å². The zero-order valence-electron chi connectivity index (χ0n) is 8.17. The molecule has 0 amide bonds. The van der Waals surface area contributed by atoms with Gasteiger partial charge in [0.15, 0.2) is 5.82 Å². The van der Waals surface area contributed by atoms with E-state index in [2.05, 4.69) is 21.8 Å². The number of hydrogen-bond donors (Lipinski definition) is 1. The van der Waals surface area contributed by atoms with Crippen LogP contribution in [0.3, 0.4) is 0 Å². The number of nitrogen functional groups attached to an aromatic ring is 1. The van der Waals surface area contributed by atoms with E-state index >= 15 is 0 Å². The second-order valence-corrected chi connectivity index (χ2v) is 3.10. The van der Waals surface area contributed by atoms with Crippen LogP contribution in [0.5, 0.6) is 0 Å². The van der Waals surface area contributed by atoms with Crippen LogP contribution in [0.4, 0.5) is 5.69 Å². The van der Waals surface area contributed by atoms with Gasteiger partial charge >= 0.3 is 0 Å². The van der Waals surface area contributed by atoms with Gasteiger partial charge in [0.25, 0.3) is 0 Å². The van der Waals surface area contributed by atoms with Crippen molar-refractivity contribution in [2.75, 3.05) is 5.73 Å². The van der Waals surface area contributed by atoms with Crippen LogP contribution in [0.2, 0.25) is 0 Å². The van der Waals surface area contributed by atoms with Gasteiger partial charge < -0.3 is 10.3 Å². The minimum atomic E-state index is 0.612. The van der Waals surface area contributed by atoms with Gasteiger partial charge in [0.1, 0.15) is 6.33 Å². The number of pyridine rings is 1. The fraction of sp³-hybridized carbons (Fsp3) is 0.100. The molecule has 76 valence electrons. The predicted molar refractivity (Wildman–Crippen MR) is 57.9 cm³/mol. The summed E-state index contributed by atoms with van der Waals surface area (Å²) in [6, 6.07) is 1.82. The lowest BCUT2D eigenvalue weighted by atomic mass is 10.2. The highest BCUT2D eigenvalue weighted by atomic mass is 15.3. The van der Waals surface area contributed by atoms with E-state index in [0.29, 0.717) is 12.2 Å². The molecule has 0 saturated heterocycles. The van der Waals surface area contributed by atoms with Gasteiger partial charge in [-0.3, -0.25) is 4.98 Å². The first kappa shape index (κ1) is 9.39. The van der Waals surface area contributed by atoms with Gasteiger partial charge in [0.2, 0.25) is 0 Å². The van der Waals surface area contributed by atoms with Crippen molar-refractivity contribution in [3.05, 3.63) is 37.4 Å². The molecule has 0 fully saturated rings. The molecule has 0 aliphatic heterocycles. The quantitative estimate of drug-likeness (QED) is 0.755. The van der Waals surface area contributed by atoms with Gasteiger partial charge in [0, 0.05) is 24.5 Å². The molecule has 0 spiro atoms. The number of nitrogens with zero attached hydrogens (tertiary/aromatic N) is 4. The highest BCUT2D eigenvalue weighted by Crippen LogP contribution is 2.17. The number of aromatic nitrogens is 4. The fourth-order valence-corrected chi connectivity index (χ4v) is 1.33. The summed E-state index contributed by atoms with van der Waals surface area (Å²) in [4.78, 5) is 4.01. The minimum Gasteiger partial charge on any atom is -0.397 e. The average molecular weight is 201 g/mol. The Labute approximate surface area is 87.3 Å². The molecule has 0 unspecified atom stereocenters. The molecule has 2 N–H and O–H groups in total. The maximum Gasteiger partial charge on any atom is 0.165 e. The normalized spacial score (nSPS) is 10.1. The van der Waals surface area contributed by atoms with Crippen LogP contribution in [-0.2, 0) is 6.54 Å². The summed E-state index contributed by atoms with van der Waals surface area (Å²) in [6.07, 6.45) is 6.74. The highest BCUT2D eigenvalue weighted by molar-refractivity contribution is 5.58. The summed E-state index contributed by atoms with van der Waals surface area (Å²) in [7, 11) is 0. The smallest absolute Gasteiger partial charge is 0.165 e. The molecule has 0 aliphatic carbocycles. The molecule has 0 aliphatic rings. The molecule has 2 heterocycles. The van der Waals surface area contributed by atoms with E-state index in [0.717, 1.165) is 11.4 Å². The molecule has 0 atom stereocenters. The molecule has 2 aromatic heterocycles. The Balaban J connectivity index is 2.44. The van der Waals surface area contributed by atoms with Crippen LogP contribution in [-0.4, -0.2) is 19.7 Å². The minimum absolute atomic E-state index is 0.612. The predicted octanol–water partition coefficient (Wildman–Crippen LogP) is 1.11. The molecule has 0 saturated carbocycles. The van der Waals surface area contributed by atoms with Gasteiger partial charge in [-0.1, -0.05) is 6.08 Å². The maximum atomic E-state index is 5.65. The van der Waals surface area contributed by atoms with Crippen molar-refractivity contribution in [1.29, 1.82) is 0 Å². The third-order valence-electron chi connectivity index (χ3n) is 1.96. The van der Waals surface area contributed by atoms with Crippen LogP contribution in [0, 0.1) is 0 Å². The number of nitrogens with two attached hydrogens (primary N) is 1. The lowest BCUT2D eigenvalue weighted by molar-refractivity contribution is 0.827. The van der Waals surface area contributed by atoms with Crippen LogP contribution < -0.4 is 5.73 Å². The van der Waals surface area contributed by atoms with Crippen LogP contribution >= 0.6 is 0 Å². The largest absolute Gasteiger partial charge is 0.397 e. The van der Waals surface area contributed by atoms with Crippen molar-refractivity contribution in [3.8, 4) is 11.4 Å². The topological polar surface area (TPSA) is 69.6 Å². The fourth-order valence-electron chi connectivity index (χ4n) is 1.33. The van der Waals surface area contributed by atoms with E-state index in [-0.39, 0.29) is 0 Å². The summed E-state index contributed by atoms with van der Waals surface area (Å²) in [5.41, 5.74) is 7.12. The van der Waals surface area contributed by atoms with Crippen molar-refractivity contribution in [1.82, 2.24) is 19.7 Å². The SMILES string of the molecule is C=CCn1cnnc1-c1cncc(N)c1. The van der Waals surface area contributed by atoms with Crippen LogP contribution in [0.25, 0.3) is 11.4 Å². The van der Waals surface area contributed by atoms with E-state index in [1.165, 1.54) is 0 Å². The lowest BCUT2D eigenvalue weighted by Gasteiger charge is -2.03. The number of anilines is 1. The van der Waals surface area contributed by atoms with Gasteiger partial charge in [-0.05, 0) is 6.07 Å². The lowest BCUT2D eigenvalue weighted by Crippen LogP contribution is -1.98. The first-order valence-corrected chi connectivity index (χ1v) is 4.51. The zero-order chi connectivity index (χ0) is 10.7. The first-order valence-electron chi connectivity index (χ1n) is 4.51. The average Bonchev–Trinajstić information content (AvgIpc) is 2.66. The third kappa shape index (κ3) is 1.85. The Kier molecular flexibility index (Phi) is 2.45. The third-order valence-corrected chi connectivity index (χ3v) is 1.96. The monoisotopic (exact) mass is 201 g/mol. The molecular formula is C10H11N5. The molecule has 0 radical (unpaired) electrons. The van der Waals surface area contributed by atoms with E-state index < -0.39 is 0 Å². The Morgan fingerprint density at radius 3 is 3.07 bits per heavy atom. The molecule has 5 heteroatoms. The summed E-state index contributed by atoms with van der Waals surface area (Å²) in [6.45, 7) is 4.34. The Bertz CT molecular complexity index is 474. The second kappa shape index (κ2) is 3.91. The maximum absolute atomic E-state index is 5.65. The van der Waals surface area contributed by atoms with Crippen molar-refractivity contribution in [2.45, 2.75) is 6.54 Å². The molecular weight excluding hydrogens is 190 g/mol. The van der Waals surface area contributed by atoms with Crippen molar-refractivity contribution >= 4 is 5.69 Å². The van der Waals surface area contributed by atoms with Crippen LogP contribution in [0.1, 0.15) is 0 Å². The van der Waals surface area contributed by atoms with Crippen molar-refractivity contribution in [2.24, 2.45) is 0 Å². The van der Waals surface area contributed by atoms with Gasteiger partial charge in [-0.25, -0.2) is 0 Å². The number of allylic oxidation sites excluding steroid dienone is 1. The standard InChI is InChI=1S/C10H11N5/c1-2-3-15-7-13-14-10(15)8-4-9(11)6-12-5-8/h2,4-7H,1,3,11H2. The molecule has 2 aromatic rings. The van der Waals surface area contributed by atoms with Gasteiger partial charge in [-0.2, -0.15) is 0 Å². The number of hydrogen-bond acceptors (Lipinski definition) is 4. The molecule has 0 aromatic carbocycles. The van der Waals surface area contributed by atoms with E-state index in [1.807, 2.05) is 10.6 Å². The molecule has 2 rings (SSSR count). The molecule has 15 heavy (non-hydrogen) atoms. The summed E-state index contributed by atoms with van der Waals surface area (Å²) in [5.74, 6) is 0.745. The molecule has 0 bridgehead atoms. The summed E-state index contributed by atoms with van der Waals surface area (Å²) in [5, 5.41) is 7.86. The summed E-state index contributed by atoms with van der Waals surface area (Å²) >= 11 is 0. The summed E-state index contributed by atoms with van der Waals surface area (Å²) < 4.78 is 1.88. The molecule has 5 nitrogen and oxygen atoms in total. The van der Waals surface area contributed by atoms with Crippen molar-refractivity contribution < 1.29 is 0 Å². The Morgan fingerprint density at radius 1 is 1.47 bits per heavy atom. The Hall–Kier alpha value is -2.17. The van der Waals surface area contributed by atoms with Crippen LogP contribution in [0.15, 0.2) is 37.4 Å². The number of rotatable bonds is 3. The first-order chi connectivity index (χ1) is 7.31.